The summed E-state index contributed by atoms with van der Waals surface area (Å²) >= 11 is 0. The molecule has 2 nitrogen and oxygen atoms in total. The van der Waals surface area contributed by atoms with Crippen LogP contribution in [-0.4, -0.2) is 12.9 Å². The fourth-order valence-electron chi connectivity index (χ4n) is 2.14. The second kappa shape index (κ2) is 5.67. The molecule has 1 unspecified atom stereocenters. The van der Waals surface area contributed by atoms with E-state index < -0.39 is 0 Å². The van der Waals surface area contributed by atoms with Crippen molar-refractivity contribution in [3.8, 4) is 5.75 Å². The van der Waals surface area contributed by atoms with Gasteiger partial charge >= 0.3 is 0 Å². The van der Waals surface area contributed by atoms with Crippen LogP contribution in [0.4, 0.5) is 0 Å². The van der Waals surface area contributed by atoms with Crippen molar-refractivity contribution in [1.82, 2.24) is 0 Å². The summed E-state index contributed by atoms with van der Waals surface area (Å²) in [5.41, 5.74) is 1.33. The van der Waals surface area contributed by atoms with Crippen LogP contribution in [0.5, 0.6) is 5.75 Å². The lowest BCUT2D eigenvalue weighted by Gasteiger charge is -2.15. The average molecular weight is 230 g/mol. The van der Waals surface area contributed by atoms with Gasteiger partial charge in [0.25, 0.3) is 0 Å². The van der Waals surface area contributed by atoms with E-state index in [0.29, 0.717) is 12.3 Å². The summed E-state index contributed by atoms with van der Waals surface area (Å²) in [5.74, 6) is 1.73. The van der Waals surface area contributed by atoms with E-state index in [-0.39, 0.29) is 5.78 Å². The van der Waals surface area contributed by atoms with Crippen molar-refractivity contribution in [1.29, 1.82) is 0 Å². The minimum Gasteiger partial charge on any atom is -0.497 e. The Bertz CT molecular complexity index is 403. The molecule has 0 fully saturated rings. The Hall–Kier alpha value is -1.57. The molecule has 0 bridgehead atoms. The summed E-state index contributed by atoms with van der Waals surface area (Å²) < 4.78 is 5.13. The Morgan fingerprint density at radius 2 is 2.06 bits per heavy atom. The third kappa shape index (κ3) is 3.45. The van der Waals surface area contributed by atoms with Gasteiger partial charge in [-0.15, -0.1) is 0 Å². The molecule has 17 heavy (non-hydrogen) atoms. The van der Waals surface area contributed by atoms with Gasteiger partial charge in [-0.05, 0) is 49.0 Å². The first-order chi connectivity index (χ1) is 8.28. The molecule has 1 aromatic rings. The molecule has 0 amide bonds. The van der Waals surface area contributed by atoms with E-state index in [1.54, 1.807) is 13.2 Å². The van der Waals surface area contributed by atoms with E-state index in [0.717, 1.165) is 25.0 Å². The molecule has 1 aliphatic rings. The Kier molecular flexibility index (Phi) is 3.97. The lowest BCUT2D eigenvalue weighted by atomic mass is 9.90. The van der Waals surface area contributed by atoms with E-state index >= 15 is 0 Å². The van der Waals surface area contributed by atoms with E-state index in [4.69, 9.17) is 4.74 Å². The number of hydrogen-bond acceptors (Lipinski definition) is 2. The maximum Gasteiger partial charge on any atom is 0.155 e. The van der Waals surface area contributed by atoms with Crippen molar-refractivity contribution in [3.05, 3.63) is 42.0 Å². The van der Waals surface area contributed by atoms with Gasteiger partial charge in [-0.1, -0.05) is 18.2 Å². The molecule has 90 valence electrons. The van der Waals surface area contributed by atoms with Crippen LogP contribution in [0.3, 0.4) is 0 Å². The summed E-state index contributed by atoms with van der Waals surface area (Å²) in [6, 6.07) is 8.21. The van der Waals surface area contributed by atoms with Gasteiger partial charge in [-0.25, -0.2) is 0 Å². The number of carbonyl (C=O) groups excluding carboxylic acids is 1. The Morgan fingerprint density at radius 1 is 1.29 bits per heavy atom. The van der Waals surface area contributed by atoms with Gasteiger partial charge in [0, 0.05) is 6.42 Å². The highest BCUT2D eigenvalue weighted by atomic mass is 16.5. The molecule has 0 aromatic heterocycles. The number of methoxy groups -OCH3 is 1. The van der Waals surface area contributed by atoms with Gasteiger partial charge in [-0.2, -0.15) is 0 Å². The van der Waals surface area contributed by atoms with Crippen molar-refractivity contribution in [3.63, 3.8) is 0 Å². The molecule has 0 saturated heterocycles. The molecule has 0 spiro atoms. The van der Waals surface area contributed by atoms with Crippen LogP contribution in [0.25, 0.3) is 0 Å². The van der Waals surface area contributed by atoms with Crippen molar-refractivity contribution in [2.75, 3.05) is 7.11 Å². The minimum absolute atomic E-state index is 0.269. The predicted molar refractivity (Wildman–Crippen MR) is 68.2 cm³/mol. The lowest BCUT2D eigenvalue weighted by molar-refractivity contribution is -0.115. The van der Waals surface area contributed by atoms with Crippen LogP contribution >= 0.6 is 0 Å². The zero-order valence-electron chi connectivity index (χ0n) is 10.2. The summed E-state index contributed by atoms with van der Waals surface area (Å²) in [6.45, 7) is 0. The maximum atomic E-state index is 11.1. The lowest BCUT2D eigenvalue weighted by Crippen LogP contribution is -2.08. The van der Waals surface area contributed by atoms with Gasteiger partial charge in [-0.3, -0.25) is 4.79 Å². The molecule has 2 rings (SSSR count). The molecule has 0 radical (unpaired) electrons. The number of aryl methyl sites for hydroxylation is 1. The molecule has 0 saturated carbocycles. The summed E-state index contributed by atoms with van der Waals surface area (Å²) in [6.07, 6.45) is 7.70. The van der Waals surface area contributed by atoms with E-state index in [2.05, 4.69) is 18.2 Å². The third-order valence-electron chi connectivity index (χ3n) is 3.28. The number of carbonyl (C=O) groups is 1. The molecule has 1 aromatic carbocycles. The van der Waals surface area contributed by atoms with Gasteiger partial charge in [0.2, 0.25) is 0 Å². The smallest absolute Gasteiger partial charge is 0.155 e. The highest BCUT2D eigenvalue weighted by molar-refractivity contribution is 5.90. The van der Waals surface area contributed by atoms with Gasteiger partial charge in [0.15, 0.2) is 5.78 Å². The molecular weight excluding hydrogens is 212 g/mol. The normalized spacial score (nSPS) is 19.4. The van der Waals surface area contributed by atoms with Crippen molar-refractivity contribution < 1.29 is 9.53 Å². The standard InChI is InChI=1S/C15H18O2/c1-17-15-10-6-13(7-11-15)3-2-12-4-8-14(16)9-5-12/h4,6-8,10-12H,2-3,5,9H2,1H3. The van der Waals surface area contributed by atoms with Crippen molar-refractivity contribution in [2.45, 2.75) is 25.7 Å². The van der Waals surface area contributed by atoms with E-state index in [1.165, 1.54) is 5.56 Å². The molecule has 1 aliphatic carbocycles. The second-order valence-electron chi connectivity index (χ2n) is 4.51. The highest BCUT2D eigenvalue weighted by Crippen LogP contribution is 2.21. The molecule has 0 N–H and O–H groups in total. The summed E-state index contributed by atoms with van der Waals surface area (Å²) in [4.78, 5) is 11.1. The van der Waals surface area contributed by atoms with Crippen LogP contribution < -0.4 is 4.74 Å². The third-order valence-corrected chi connectivity index (χ3v) is 3.28. The second-order valence-corrected chi connectivity index (χ2v) is 4.51. The fraction of sp³-hybridized carbons (Fsp3) is 0.400. The molecule has 0 heterocycles. The van der Waals surface area contributed by atoms with Crippen LogP contribution in [0.2, 0.25) is 0 Å². The van der Waals surface area contributed by atoms with Crippen LogP contribution in [0.15, 0.2) is 36.4 Å². The quantitative estimate of drug-likeness (QED) is 0.794. The zero-order valence-corrected chi connectivity index (χ0v) is 10.2. The van der Waals surface area contributed by atoms with Crippen LogP contribution in [0.1, 0.15) is 24.8 Å². The van der Waals surface area contributed by atoms with Gasteiger partial charge in [0.05, 0.1) is 7.11 Å². The number of allylic oxidation sites excluding steroid dienone is 2. The Morgan fingerprint density at radius 3 is 2.65 bits per heavy atom. The number of rotatable bonds is 4. The molecule has 2 heteroatoms. The van der Waals surface area contributed by atoms with E-state index in [1.807, 2.05) is 12.1 Å². The monoisotopic (exact) mass is 230 g/mol. The molecule has 1 atom stereocenters. The zero-order chi connectivity index (χ0) is 12.1. The van der Waals surface area contributed by atoms with Crippen molar-refractivity contribution in [2.24, 2.45) is 5.92 Å². The SMILES string of the molecule is COc1ccc(CCC2C=CC(=O)CC2)cc1. The molecular formula is C15H18O2. The first-order valence-corrected chi connectivity index (χ1v) is 6.12. The van der Waals surface area contributed by atoms with Gasteiger partial charge in [0.1, 0.15) is 5.75 Å². The van der Waals surface area contributed by atoms with Crippen LogP contribution in [0, 0.1) is 5.92 Å². The number of hydrogen-bond donors (Lipinski definition) is 0. The summed E-state index contributed by atoms with van der Waals surface area (Å²) in [7, 11) is 1.68. The number of benzene rings is 1. The fourth-order valence-corrected chi connectivity index (χ4v) is 2.14. The average Bonchev–Trinajstić information content (AvgIpc) is 2.39. The summed E-state index contributed by atoms with van der Waals surface area (Å²) in [5, 5.41) is 0. The Balaban J connectivity index is 1.85. The topological polar surface area (TPSA) is 26.3 Å². The minimum atomic E-state index is 0.269. The number of ether oxygens (including phenoxy) is 1. The maximum absolute atomic E-state index is 11.1. The van der Waals surface area contributed by atoms with Crippen LogP contribution in [-0.2, 0) is 11.2 Å². The largest absolute Gasteiger partial charge is 0.497 e. The van der Waals surface area contributed by atoms with Crippen molar-refractivity contribution >= 4 is 5.78 Å². The predicted octanol–water partition coefficient (Wildman–Crippen LogP) is 3.16. The first kappa shape index (κ1) is 11.9. The highest BCUT2D eigenvalue weighted by Gasteiger charge is 2.12. The van der Waals surface area contributed by atoms with E-state index in [9.17, 15) is 4.79 Å². The molecule has 0 aliphatic heterocycles. The van der Waals surface area contributed by atoms with Gasteiger partial charge < -0.3 is 4.74 Å². The first-order valence-electron chi connectivity index (χ1n) is 6.12. The Labute approximate surface area is 102 Å². The number of ketones is 1.